The predicted molar refractivity (Wildman–Crippen MR) is 109 cm³/mol. The summed E-state index contributed by atoms with van der Waals surface area (Å²) in [4.78, 5) is 23.1. The molecule has 2 aromatic carbocycles. The molecular formula is C19H14N4O2S2. The number of benzene rings is 2. The minimum atomic E-state index is -0.337. The predicted octanol–water partition coefficient (Wildman–Crippen LogP) is 4.13. The van der Waals surface area contributed by atoms with Crippen LogP contribution in [0.2, 0.25) is 0 Å². The lowest BCUT2D eigenvalue weighted by Crippen LogP contribution is -2.07. The summed E-state index contributed by atoms with van der Waals surface area (Å²) in [5, 5.41) is 12.4. The number of hydrogen-bond acceptors (Lipinski definition) is 7. The van der Waals surface area contributed by atoms with Crippen LogP contribution in [0.25, 0.3) is 10.8 Å². The molecule has 27 heavy (non-hydrogen) atoms. The van der Waals surface area contributed by atoms with Crippen molar-refractivity contribution < 1.29 is 5.11 Å². The molecule has 0 spiro atoms. The van der Waals surface area contributed by atoms with Crippen LogP contribution in [0, 0.1) is 0 Å². The van der Waals surface area contributed by atoms with Crippen LogP contribution in [0.4, 0.5) is 5.13 Å². The monoisotopic (exact) mass is 394 g/mol. The van der Waals surface area contributed by atoms with Crippen LogP contribution in [-0.4, -0.2) is 25.7 Å². The number of nitrogens with one attached hydrogen (secondary N) is 1. The number of hydrogen-bond donors (Lipinski definition) is 2. The van der Waals surface area contributed by atoms with E-state index in [2.05, 4.69) is 31.5 Å². The second-order valence-electron chi connectivity index (χ2n) is 5.65. The summed E-state index contributed by atoms with van der Waals surface area (Å²) in [7, 11) is 0. The van der Waals surface area contributed by atoms with Crippen LogP contribution < -0.4 is 5.56 Å². The Morgan fingerprint density at radius 2 is 1.85 bits per heavy atom. The minimum Gasteiger partial charge on any atom is -0.494 e. The van der Waals surface area contributed by atoms with Gasteiger partial charge in [0.05, 0.1) is 5.56 Å². The highest BCUT2D eigenvalue weighted by molar-refractivity contribution is 7.98. The molecule has 2 aromatic heterocycles. The van der Waals surface area contributed by atoms with E-state index in [9.17, 15) is 9.90 Å². The van der Waals surface area contributed by atoms with Crippen molar-refractivity contribution in [3.8, 4) is 5.88 Å². The molecular weight excluding hydrogens is 380 g/mol. The van der Waals surface area contributed by atoms with Crippen molar-refractivity contribution in [3.05, 3.63) is 76.1 Å². The third-order valence-corrected chi connectivity index (χ3v) is 5.52. The van der Waals surface area contributed by atoms with Crippen LogP contribution >= 0.6 is 23.3 Å². The van der Waals surface area contributed by atoms with E-state index in [1.165, 1.54) is 23.3 Å². The van der Waals surface area contributed by atoms with E-state index in [0.29, 0.717) is 26.6 Å². The normalized spacial score (nSPS) is 11.4. The van der Waals surface area contributed by atoms with Gasteiger partial charge < -0.3 is 5.11 Å². The van der Waals surface area contributed by atoms with E-state index in [0.717, 1.165) is 5.75 Å². The van der Waals surface area contributed by atoms with Gasteiger partial charge in [0.2, 0.25) is 16.2 Å². The maximum atomic E-state index is 11.9. The van der Waals surface area contributed by atoms with E-state index in [-0.39, 0.29) is 11.4 Å². The van der Waals surface area contributed by atoms with Crippen molar-refractivity contribution in [2.24, 2.45) is 4.99 Å². The number of aromatic amines is 1. The Hall–Kier alpha value is -2.97. The summed E-state index contributed by atoms with van der Waals surface area (Å²) in [6.07, 6.45) is 1.50. The third-order valence-electron chi connectivity index (χ3n) is 3.86. The Morgan fingerprint density at radius 1 is 1.11 bits per heavy atom. The molecule has 0 aliphatic rings. The average molecular weight is 394 g/mol. The number of aliphatic imine (C=N–C) groups is 1. The van der Waals surface area contributed by atoms with Gasteiger partial charge in [0.25, 0.3) is 5.56 Å². The molecule has 0 amide bonds. The number of aromatic hydroxyl groups is 1. The molecule has 4 rings (SSSR count). The standard InChI is InChI=1S/C19H14N4O2S2/c24-16-14-9-5-4-8-13(14)15(17(25)21-16)10-20-18-22-19(23-27-18)26-11-12-6-2-1-3-7-12/h1-10H,11H2,(H2,21,24,25). The molecule has 0 radical (unpaired) electrons. The van der Waals surface area contributed by atoms with Crippen molar-refractivity contribution in [3.63, 3.8) is 0 Å². The molecule has 4 aromatic rings. The number of H-pyrrole nitrogens is 1. The van der Waals surface area contributed by atoms with E-state index in [1.54, 1.807) is 30.0 Å². The zero-order chi connectivity index (χ0) is 18.6. The largest absolute Gasteiger partial charge is 0.494 e. The fraction of sp³-hybridized carbons (Fsp3) is 0.0526. The van der Waals surface area contributed by atoms with E-state index in [4.69, 9.17) is 0 Å². The topological polar surface area (TPSA) is 91.2 Å². The molecule has 2 heterocycles. The lowest BCUT2D eigenvalue weighted by Gasteiger charge is -2.03. The molecule has 2 N–H and O–H groups in total. The average Bonchev–Trinajstić information content (AvgIpc) is 3.15. The van der Waals surface area contributed by atoms with Crippen LogP contribution in [0.3, 0.4) is 0 Å². The number of pyridine rings is 1. The Labute approximate surface area is 162 Å². The Morgan fingerprint density at radius 3 is 2.67 bits per heavy atom. The highest BCUT2D eigenvalue weighted by atomic mass is 32.2. The van der Waals surface area contributed by atoms with Gasteiger partial charge in [-0.3, -0.25) is 9.78 Å². The van der Waals surface area contributed by atoms with Crippen molar-refractivity contribution in [1.29, 1.82) is 0 Å². The first-order valence-corrected chi connectivity index (χ1v) is 9.85. The molecule has 0 fully saturated rings. The van der Waals surface area contributed by atoms with Gasteiger partial charge in [-0.05, 0) is 11.6 Å². The number of thioether (sulfide) groups is 1. The molecule has 0 aliphatic heterocycles. The molecule has 6 nitrogen and oxygen atoms in total. The molecule has 8 heteroatoms. The summed E-state index contributed by atoms with van der Waals surface area (Å²) in [6, 6.07) is 17.2. The lowest BCUT2D eigenvalue weighted by atomic mass is 10.1. The molecule has 134 valence electrons. The van der Waals surface area contributed by atoms with Gasteiger partial charge >= 0.3 is 0 Å². The maximum Gasteiger partial charge on any atom is 0.258 e. The van der Waals surface area contributed by atoms with Gasteiger partial charge in [-0.1, -0.05) is 60.3 Å². The summed E-state index contributed by atoms with van der Waals surface area (Å²) in [5.41, 5.74) is 1.31. The van der Waals surface area contributed by atoms with Crippen molar-refractivity contribution in [1.82, 2.24) is 14.3 Å². The van der Waals surface area contributed by atoms with Crippen LogP contribution in [0.1, 0.15) is 11.1 Å². The first-order chi connectivity index (χ1) is 13.2. The van der Waals surface area contributed by atoms with E-state index < -0.39 is 0 Å². The summed E-state index contributed by atoms with van der Waals surface area (Å²) >= 11 is 2.73. The van der Waals surface area contributed by atoms with Gasteiger partial charge in [-0.2, -0.15) is 9.36 Å². The Balaban J connectivity index is 1.55. The minimum absolute atomic E-state index is 0.217. The zero-order valence-electron chi connectivity index (χ0n) is 14.0. The number of rotatable bonds is 5. The summed E-state index contributed by atoms with van der Waals surface area (Å²) < 4.78 is 4.30. The maximum absolute atomic E-state index is 11.9. The fourth-order valence-corrected chi connectivity index (χ4v) is 4.02. The Bertz CT molecular complexity index is 1170. The first kappa shape index (κ1) is 17.4. The van der Waals surface area contributed by atoms with Crippen molar-refractivity contribution in [2.75, 3.05) is 0 Å². The number of nitrogens with zero attached hydrogens (tertiary/aromatic N) is 3. The molecule has 0 atom stereocenters. The second-order valence-corrected chi connectivity index (χ2v) is 7.33. The van der Waals surface area contributed by atoms with Crippen molar-refractivity contribution >= 4 is 45.4 Å². The van der Waals surface area contributed by atoms with Gasteiger partial charge in [-0.15, -0.1) is 0 Å². The second kappa shape index (κ2) is 7.73. The fourth-order valence-electron chi connectivity index (χ4n) is 2.57. The summed E-state index contributed by atoms with van der Waals surface area (Å²) in [6.45, 7) is 0. The van der Waals surface area contributed by atoms with Gasteiger partial charge in [0.1, 0.15) is 0 Å². The van der Waals surface area contributed by atoms with Gasteiger partial charge in [0.15, 0.2) is 0 Å². The quantitative estimate of drug-likeness (QED) is 0.392. The van der Waals surface area contributed by atoms with Crippen molar-refractivity contribution in [2.45, 2.75) is 10.9 Å². The molecule has 0 saturated carbocycles. The lowest BCUT2D eigenvalue weighted by molar-refractivity contribution is 0.452. The molecule has 0 saturated heterocycles. The number of aromatic nitrogens is 3. The van der Waals surface area contributed by atoms with E-state index in [1.807, 2.05) is 24.3 Å². The molecule has 0 bridgehead atoms. The SMILES string of the molecule is O=c1[nH]c(O)c(C=Nc2nc(SCc3ccccc3)ns2)c2ccccc12. The molecule has 0 unspecified atom stereocenters. The smallest absolute Gasteiger partial charge is 0.258 e. The van der Waals surface area contributed by atoms with Gasteiger partial charge in [-0.25, -0.2) is 4.99 Å². The van der Waals surface area contributed by atoms with E-state index >= 15 is 0 Å². The highest BCUT2D eigenvalue weighted by Crippen LogP contribution is 2.26. The first-order valence-electron chi connectivity index (χ1n) is 8.09. The molecule has 0 aliphatic carbocycles. The summed E-state index contributed by atoms with van der Waals surface area (Å²) in [5.74, 6) is 0.567. The van der Waals surface area contributed by atoms with Crippen LogP contribution in [-0.2, 0) is 5.75 Å². The number of fused-ring (bicyclic) bond motifs is 1. The van der Waals surface area contributed by atoms with Crippen LogP contribution in [0.15, 0.2) is 69.5 Å². The third kappa shape index (κ3) is 3.91. The van der Waals surface area contributed by atoms with Gasteiger partial charge in [0, 0.05) is 34.3 Å². The zero-order valence-corrected chi connectivity index (χ0v) is 15.6. The highest BCUT2D eigenvalue weighted by Gasteiger charge is 2.09. The Kier molecular flexibility index (Phi) is 4.99. The van der Waals surface area contributed by atoms with Crippen LogP contribution in [0.5, 0.6) is 5.88 Å².